The van der Waals surface area contributed by atoms with E-state index in [9.17, 15) is 4.79 Å². The summed E-state index contributed by atoms with van der Waals surface area (Å²) in [5.41, 5.74) is 2.44. The molecule has 5 rings (SSSR count). The van der Waals surface area contributed by atoms with Gasteiger partial charge in [0, 0.05) is 55.7 Å². The number of H-pyrrole nitrogens is 1. The van der Waals surface area contributed by atoms with Crippen LogP contribution in [-0.2, 0) is 16.0 Å². The number of fused-ring (bicyclic) bond motifs is 1. The number of likely N-dealkylation sites (tertiary alicyclic amines) is 1. The number of aromatic nitrogens is 3. The van der Waals surface area contributed by atoms with Gasteiger partial charge in [0.25, 0.3) is 0 Å². The van der Waals surface area contributed by atoms with E-state index in [-0.39, 0.29) is 11.8 Å². The second-order valence-corrected chi connectivity index (χ2v) is 8.42. The van der Waals surface area contributed by atoms with Crippen molar-refractivity contribution in [2.45, 2.75) is 50.4 Å². The molecule has 0 saturated carbocycles. The third kappa shape index (κ3) is 3.99. The zero-order valence-corrected chi connectivity index (χ0v) is 17.2. The van der Waals surface area contributed by atoms with Crippen molar-refractivity contribution in [2.75, 3.05) is 26.3 Å². The van der Waals surface area contributed by atoms with Gasteiger partial charge in [-0.05, 0) is 43.7 Å². The summed E-state index contributed by atoms with van der Waals surface area (Å²) in [4.78, 5) is 22.6. The number of carbonyl (C=O) groups is 1. The van der Waals surface area contributed by atoms with E-state index < -0.39 is 0 Å². The molecule has 3 aromatic rings. The van der Waals surface area contributed by atoms with Gasteiger partial charge in [-0.3, -0.25) is 4.79 Å². The van der Waals surface area contributed by atoms with Crippen molar-refractivity contribution < 1.29 is 14.1 Å². The average molecular weight is 409 g/mol. The molecule has 7 nitrogen and oxygen atoms in total. The van der Waals surface area contributed by atoms with E-state index in [1.165, 1.54) is 10.9 Å². The van der Waals surface area contributed by atoms with Crippen LogP contribution in [0, 0.1) is 0 Å². The van der Waals surface area contributed by atoms with Crippen LogP contribution in [0.4, 0.5) is 0 Å². The predicted molar refractivity (Wildman–Crippen MR) is 112 cm³/mol. The number of rotatable bonds is 6. The lowest BCUT2D eigenvalue weighted by atomic mass is 10.00. The van der Waals surface area contributed by atoms with Crippen molar-refractivity contribution in [1.29, 1.82) is 0 Å². The Kier molecular flexibility index (Phi) is 5.53. The van der Waals surface area contributed by atoms with Gasteiger partial charge in [-0.1, -0.05) is 23.4 Å². The largest absolute Gasteiger partial charge is 0.381 e. The van der Waals surface area contributed by atoms with Gasteiger partial charge >= 0.3 is 0 Å². The number of ether oxygens (including phenoxy) is 1. The van der Waals surface area contributed by atoms with E-state index in [0.717, 1.165) is 63.2 Å². The Bertz CT molecular complexity index is 1000. The lowest BCUT2D eigenvalue weighted by Crippen LogP contribution is -2.28. The van der Waals surface area contributed by atoms with Crippen molar-refractivity contribution in [3.63, 3.8) is 0 Å². The fraction of sp³-hybridized carbons (Fsp3) is 0.522. The Morgan fingerprint density at radius 2 is 2.03 bits per heavy atom. The molecule has 1 atom stereocenters. The van der Waals surface area contributed by atoms with Crippen molar-refractivity contribution in [1.82, 2.24) is 20.0 Å². The highest BCUT2D eigenvalue weighted by molar-refractivity contribution is 5.83. The molecule has 4 heterocycles. The number of benzene rings is 1. The van der Waals surface area contributed by atoms with E-state index in [1.807, 2.05) is 11.0 Å². The summed E-state index contributed by atoms with van der Waals surface area (Å²) >= 11 is 0. The topological polar surface area (TPSA) is 84.2 Å². The summed E-state index contributed by atoms with van der Waals surface area (Å²) in [6.45, 7) is 2.98. The summed E-state index contributed by atoms with van der Waals surface area (Å²) in [5, 5.41) is 5.46. The third-order valence-corrected chi connectivity index (χ3v) is 6.45. The SMILES string of the molecule is O=C(CCCc1c[nH]c2ccccc12)N1CCC(c2nc(C3CCOCC3)no2)C1. The quantitative estimate of drug-likeness (QED) is 0.671. The molecule has 2 aliphatic heterocycles. The standard InChI is InChI=1S/C23H28N4O3/c28-21(7-3-4-17-14-24-20-6-2-1-5-19(17)20)27-11-8-18(15-27)23-25-22(26-30-23)16-9-12-29-13-10-16/h1-2,5-6,14,16,18,24H,3-4,7-13,15H2. The number of aromatic amines is 1. The summed E-state index contributed by atoms with van der Waals surface area (Å²) in [6, 6.07) is 8.30. The molecule has 2 aliphatic rings. The van der Waals surface area contributed by atoms with Crippen LogP contribution in [0.25, 0.3) is 10.9 Å². The molecule has 30 heavy (non-hydrogen) atoms. The maximum absolute atomic E-state index is 12.7. The maximum Gasteiger partial charge on any atom is 0.231 e. The molecular formula is C23H28N4O3. The zero-order valence-electron chi connectivity index (χ0n) is 17.2. The van der Waals surface area contributed by atoms with Crippen molar-refractivity contribution in [3.05, 3.63) is 47.7 Å². The highest BCUT2D eigenvalue weighted by Crippen LogP contribution is 2.30. The number of carbonyl (C=O) groups excluding carboxylic acids is 1. The fourth-order valence-corrected chi connectivity index (χ4v) is 4.65. The molecule has 1 aromatic carbocycles. The van der Waals surface area contributed by atoms with E-state index in [4.69, 9.17) is 9.26 Å². The molecule has 158 valence electrons. The minimum atomic E-state index is 0.156. The Hall–Kier alpha value is -2.67. The summed E-state index contributed by atoms with van der Waals surface area (Å²) in [6.07, 6.45) is 7.19. The first-order chi connectivity index (χ1) is 14.8. The van der Waals surface area contributed by atoms with Crippen molar-refractivity contribution in [3.8, 4) is 0 Å². The maximum atomic E-state index is 12.7. The number of para-hydroxylation sites is 1. The second-order valence-electron chi connectivity index (χ2n) is 8.42. The molecular weight excluding hydrogens is 380 g/mol. The van der Waals surface area contributed by atoms with Gasteiger partial charge in [0.05, 0.1) is 5.92 Å². The molecule has 0 spiro atoms. The molecule has 1 amide bonds. The summed E-state index contributed by atoms with van der Waals surface area (Å²) in [7, 11) is 0. The van der Waals surface area contributed by atoms with Gasteiger partial charge in [0.15, 0.2) is 5.82 Å². The molecule has 2 saturated heterocycles. The minimum Gasteiger partial charge on any atom is -0.381 e. The summed E-state index contributed by atoms with van der Waals surface area (Å²) < 4.78 is 11.0. The molecule has 1 unspecified atom stereocenters. The third-order valence-electron chi connectivity index (χ3n) is 6.45. The molecule has 0 aliphatic carbocycles. The van der Waals surface area contributed by atoms with E-state index in [1.54, 1.807) is 0 Å². The van der Waals surface area contributed by atoms with Crippen LogP contribution in [0.1, 0.15) is 61.2 Å². The van der Waals surface area contributed by atoms with Crippen molar-refractivity contribution >= 4 is 16.8 Å². The van der Waals surface area contributed by atoms with Crippen LogP contribution < -0.4 is 0 Å². The predicted octanol–water partition coefficient (Wildman–Crippen LogP) is 3.78. The van der Waals surface area contributed by atoms with E-state index >= 15 is 0 Å². The van der Waals surface area contributed by atoms with Gasteiger partial charge in [-0.25, -0.2) is 0 Å². The number of hydrogen-bond donors (Lipinski definition) is 1. The van der Waals surface area contributed by atoms with Crippen LogP contribution in [0.3, 0.4) is 0 Å². The number of nitrogens with one attached hydrogen (secondary N) is 1. The van der Waals surface area contributed by atoms with Crippen LogP contribution in [0.2, 0.25) is 0 Å². The number of amides is 1. The van der Waals surface area contributed by atoms with Crippen LogP contribution in [0.15, 0.2) is 35.0 Å². The zero-order chi connectivity index (χ0) is 20.3. The monoisotopic (exact) mass is 408 g/mol. The van der Waals surface area contributed by atoms with Crippen molar-refractivity contribution in [2.24, 2.45) is 0 Å². The fourth-order valence-electron chi connectivity index (χ4n) is 4.65. The lowest BCUT2D eigenvalue weighted by molar-refractivity contribution is -0.130. The Morgan fingerprint density at radius 3 is 2.93 bits per heavy atom. The smallest absolute Gasteiger partial charge is 0.231 e. The van der Waals surface area contributed by atoms with E-state index in [0.29, 0.717) is 24.8 Å². The number of aryl methyl sites for hydroxylation is 1. The Balaban J connectivity index is 1.12. The van der Waals surface area contributed by atoms with Gasteiger partial charge < -0.3 is 19.1 Å². The molecule has 2 fully saturated rings. The molecule has 0 radical (unpaired) electrons. The van der Waals surface area contributed by atoms with Crippen LogP contribution in [-0.4, -0.2) is 52.2 Å². The van der Waals surface area contributed by atoms with Crippen LogP contribution in [0.5, 0.6) is 0 Å². The number of nitrogens with zero attached hydrogens (tertiary/aromatic N) is 3. The Morgan fingerprint density at radius 1 is 1.17 bits per heavy atom. The minimum absolute atomic E-state index is 0.156. The first kappa shape index (κ1) is 19.3. The van der Waals surface area contributed by atoms with Gasteiger partial charge in [0.1, 0.15) is 0 Å². The van der Waals surface area contributed by atoms with Crippen LogP contribution >= 0.6 is 0 Å². The van der Waals surface area contributed by atoms with Gasteiger partial charge in [-0.15, -0.1) is 0 Å². The lowest BCUT2D eigenvalue weighted by Gasteiger charge is -2.18. The molecule has 7 heteroatoms. The molecule has 1 N–H and O–H groups in total. The average Bonchev–Trinajstić information content (AvgIpc) is 3.54. The Labute approximate surface area is 175 Å². The first-order valence-corrected chi connectivity index (χ1v) is 11.0. The van der Waals surface area contributed by atoms with E-state index in [2.05, 4.69) is 39.5 Å². The normalized spacial score (nSPS) is 20.3. The molecule has 0 bridgehead atoms. The molecule has 2 aromatic heterocycles. The van der Waals surface area contributed by atoms with Gasteiger partial charge in [0.2, 0.25) is 11.8 Å². The second kappa shape index (κ2) is 8.60. The van der Waals surface area contributed by atoms with Gasteiger partial charge in [-0.2, -0.15) is 4.98 Å². The summed E-state index contributed by atoms with van der Waals surface area (Å²) in [5.74, 6) is 2.20. The number of hydrogen-bond acceptors (Lipinski definition) is 5. The highest BCUT2D eigenvalue weighted by Gasteiger charge is 2.32. The first-order valence-electron chi connectivity index (χ1n) is 11.0. The highest BCUT2D eigenvalue weighted by atomic mass is 16.5.